The van der Waals surface area contributed by atoms with Crippen molar-refractivity contribution < 1.29 is 4.79 Å². The van der Waals surface area contributed by atoms with Gasteiger partial charge in [-0.25, -0.2) is 0 Å². The first-order valence-corrected chi connectivity index (χ1v) is 6.02. The molecule has 0 aromatic rings. The van der Waals surface area contributed by atoms with E-state index in [1.807, 2.05) is 13.8 Å². The third kappa shape index (κ3) is 3.21. The number of carbonyl (C=O) groups excluding carboxylic acids is 1. The lowest BCUT2D eigenvalue weighted by Gasteiger charge is -2.25. The van der Waals surface area contributed by atoms with E-state index in [0.717, 1.165) is 19.3 Å². The van der Waals surface area contributed by atoms with Crippen LogP contribution >= 0.6 is 0 Å². The molecule has 16 heavy (non-hydrogen) atoms. The fourth-order valence-corrected chi connectivity index (χ4v) is 2.25. The summed E-state index contributed by atoms with van der Waals surface area (Å²) in [6, 6.07) is 2.35. The molecule has 1 amide bonds. The minimum absolute atomic E-state index is 0.0841. The average Bonchev–Trinajstić information content (AvgIpc) is 2.71. The van der Waals surface area contributed by atoms with Gasteiger partial charge in [0.1, 0.15) is 0 Å². The third-order valence-corrected chi connectivity index (χ3v) is 3.23. The molecule has 3 unspecified atom stereocenters. The van der Waals surface area contributed by atoms with Crippen molar-refractivity contribution in [2.45, 2.75) is 39.2 Å². The molecule has 0 aromatic carbocycles. The second kappa shape index (κ2) is 5.86. The normalized spacial score (nSPS) is 26.1. The summed E-state index contributed by atoms with van der Waals surface area (Å²) < 4.78 is 0. The van der Waals surface area contributed by atoms with Gasteiger partial charge in [-0.1, -0.05) is 0 Å². The summed E-state index contributed by atoms with van der Waals surface area (Å²) in [7, 11) is 0. The van der Waals surface area contributed by atoms with Gasteiger partial charge in [-0.15, -0.1) is 0 Å². The summed E-state index contributed by atoms with van der Waals surface area (Å²) in [6.07, 6.45) is 2.65. The largest absolute Gasteiger partial charge is 0.341 e. The fourth-order valence-electron chi connectivity index (χ4n) is 2.25. The summed E-state index contributed by atoms with van der Waals surface area (Å²) in [5.74, 6) is 0.164. The second-order valence-corrected chi connectivity index (χ2v) is 4.68. The number of carbonyl (C=O) groups is 1. The van der Waals surface area contributed by atoms with Crippen molar-refractivity contribution in [3.05, 3.63) is 0 Å². The first kappa shape index (κ1) is 13.0. The van der Waals surface area contributed by atoms with Crippen LogP contribution in [0.1, 0.15) is 33.1 Å². The molecule has 0 bridgehead atoms. The molecule has 4 heteroatoms. The van der Waals surface area contributed by atoms with Crippen LogP contribution in [0, 0.1) is 23.2 Å². The molecule has 0 aromatic heterocycles. The summed E-state index contributed by atoms with van der Waals surface area (Å²) in [5.41, 5.74) is 5.81. The van der Waals surface area contributed by atoms with E-state index in [2.05, 4.69) is 6.07 Å². The van der Waals surface area contributed by atoms with Crippen LogP contribution in [0.5, 0.6) is 0 Å². The number of nitriles is 1. The molecule has 0 saturated heterocycles. The molecule has 0 heterocycles. The van der Waals surface area contributed by atoms with Crippen LogP contribution < -0.4 is 5.73 Å². The van der Waals surface area contributed by atoms with E-state index >= 15 is 0 Å². The van der Waals surface area contributed by atoms with Crippen molar-refractivity contribution in [2.24, 2.45) is 17.6 Å². The van der Waals surface area contributed by atoms with Crippen LogP contribution in [0.25, 0.3) is 0 Å². The molecule has 1 saturated carbocycles. The second-order valence-electron chi connectivity index (χ2n) is 4.68. The molecule has 2 N–H and O–H groups in total. The lowest BCUT2D eigenvalue weighted by atomic mass is 10.1. The van der Waals surface area contributed by atoms with Gasteiger partial charge in [-0.3, -0.25) is 4.79 Å². The molecule has 0 aliphatic heterocycles. The summed E-state index contributed by atoms with van der Waals surface area (Å²) in [4.78, 5) is 13.9. The highest BCUT2D eigenvalue weighted by Gasteiger charge is 2.30. The Morgan fingerprint density at radius 3 is 2.75 bits per heavy atom. The fraction of sp³-hybridized carbons (Fsp3) is 0.833. The molecule has 1 aliphatic carbocycles. The van der Waals surface area contributed by atoms with Gasteiger partial charge in [0.15, 0.2) is 0 Å². The smallest absolute Gasteiger partial charge is 0.225 e. The van der Waals surface area contributed by atoms with Crippen LogP contribution in [-0.4, -0.2) is 29.9 Å². The Kier molecular flexibility index (Phi) is 4.75. The Morgan fingerprint density at radius 2 is 2.31 bits per heavy atom. The molecule has 3 atom stereocenters. The van der Waals surface area contributed by atoms with Crippen molar-refractivity contribution in [1.82, 2.24) is 4.90 Å². The first-order chi connectivity index (χ1) is 7.58. The number of amides is 1. The van der Waals surface area contributed by atoms with E-state index in [0.29, 0.717) is 13.1 Å². The molecule has 1 aliphatic rings. The molecule has 90 valence electrons. The third-order valence-electron chi connectivity index (χ3n) is 3.23. The molecular weight excluding hydrogens is 202 g/mol. The van der Waals surface area contributed by atoms with Crippen molar-refractivity contribution in [3.8, 4) is 6.07 Å². The SMILES string of the molecule is CCN(CC(C)C#N)C(=O)C1CCC(N)C1. The lowest BCUT2D eigenvalue weighted by Crippen LogP contribution is -2.38. The maximum Gasteiger partial charge on any atom is 0.225 e. The minimum atomic E-state index is -0.0982. The standard InChI is InChI=1S/C12H21N3O/c1-3-15(8-9(2)7-13)12(16)10-4-5-11(14)6-10/h9-11H,3-6,8,14H2,1-2H3. The molecule has 0 spiro atoms. The van der Waals surface area contributed by atoms with E-state index in [1.165, 1.54) is 0 Å². The van der Waals surface area contributed by atoms with Gasteiger partial charge in [0, 0.05) is 25.0 Å². The summed E-state index contributed by atoms with van der Waals surface area (Å²) in [6.45, 7) is 5.02. The highest BCUT2D eigenvalue weighted by molar-refractivity contribution is 5.79. The van der Waals surface area contributed by atoms with Gasteiger partial charge in [-0.05, 0) is 33.1 Å². The number of rotatable bonds is 4. The van der Waals surface area contributed by atoms with Gasteiger partial charge in [-0.2, -0.15) is 5.26 Å². The van der Waals surface area contributed by atoms with Crippen molar-refractivity contribution in [1.29, 1.82) is 5.26 Å². The topological polar surface area (TPSA) is 70.1 Å². The van der Waals surface area contributed by atoms with E-state index < -0.39 is 0 Å². The monoisotopic (exact) mass is 223 g/mol. The summed E-state index contributed by atoms with van der Waals surface area (Å²) in [5, 5.41) is 8.76. The van der Waals surface area contributed by atoms with Gasteiger partial charge >= 0.3 is 0 Å². The average molecular weight is 223 g/mol. The van der Waals surface area contributed by atoms with Crippen LogP contribution in [0.15, 0.2) is 0 Å². The van der Waals surface area contributed by atoms with Crippen LogP contribution in [0.3, 0.4) is 0 Å². The molecule has 1 fully saturated rings. The molecule has 1 rings (SSSR count). The van der Waals surface area contributed by atoms with Gasteiger partial charge < -0.3 is 10.6 Å². The summed E-state index contributed by atoms with van der Waals surface area (Å²) >= 11 is 0. The van der Waals surface area contributed by atoms with Crippen LogP contribution in [0.2, 0.25) is 0 Å². The Morgan fingerprint density at radius 1 is 1.62 bits per heavy atom. The highest BCUT2D eigenvalue weighted by Crippen LogP contribution is 2.26. The van der Waals surface area contributed by atoms with E-state index in [4.69, 9.17) is 11.0 Å². The number of nitrogens with zero attached hydrogens (tertiary/aromatic N) is 2. The zero-order valence-corrected chi connectivity index (χ0v) is 10.1. The number of hydrogen-bond acceptors (Lipinski definition) is 3. The number of nitrogens with two attached hydrogens (primary N) is 1. The van der Waals surface area contributed by atoms with Crippen LogP contribution in [-0.2, 0) is 4.79 Å². The van der Waals surface area contributed by atoms with Crippen LogP contribution in [0.4, 0.5) is 0 Å². The first-order valence-electron chi connectivity index (χ1n) is 6.02. The Bertz CT molecular complexity index is 284. The van der Waals surface area contributed by atoms with Gasteiger partial charge in [0.2, 0.25) is 5.91 Å². The molecular formula is C12H21N3O. The van der Waals surface area contributed by atoms with Crippen molar-refractivity contribution >= 4 is 5.91 Å². The van der Waals surface area contributed by atoms with Gasteiger partial charge in [0.25, 0.3) is 0 Å². The minimum Gasteiger partial charge on any atom is -0.341 e. The lowest BCUT2D eigenvalue weighted by molar-refractivity contribution is -0.135. The predicted molar refractivity (Wildman–Crippen MR) is 62.3 cm³/mol. The Hall–Kier alpha value is -1.08. The van der Waals surface area contributed by atoms with E-state index in [1.54, 1.807) is 4.90 Å². The zero-order valence-electron chi connectivity index (χ0n) is 10.1. The molecule has 0 radical (unpaired) electrons. The maximum atomic E-state index is 12.1. The highest BCUT2D eigenvalue weighted by atomic mass is 16.2. The van der Waals surface area contributed by atoms with Gasteiger partial charge in [0.05, 0.1) is 12.0 Å². The quantitative estimate of drug-likeness (QED) is 0.776. The molecule has 4 nitrogen and oxygen atoms in total. The Labute approximate surface area is 97.4 Å². The number of hydrogen-bond donors (Lipinski definition) is 1. The maximum absolute atomic E-state index is 12.1. The predicted octanol–water partition coefficient (Wildman–Crippen LogP) is 1.12. The van der Waals surface area contributed by atoms with Crippen molar-refractivity contribution in [2.75, 3.05) is 13.1 Å². The Balaban J connectivity index is 2.53. The van der Waals surface area contributed by atoms with E-state index in [-0.39, 0.29) is 23.8 Å². The van der Waals surface area contributed by atoms with Crippen molar-refractivity contribution in [3.63, 3.8) is 0 Å². The zero-order chi connectivity index (χ0) is 12.1. The van der Waals surface area contributed by atoms with E-state index in [9.17, 15) is 4.79 Å².